The predicted molar refractivity (Wildman–Crippen MR) is 135 cm³/mol. The fraction of sp³-hybridized carbons (Fsp3) is 0.875. The highest BCUT2D eigenvalue weighted by Gasteiger charge is 2.49. The van der Waals surface area contributed by atoms with Crippen molar-refractivity contribution in [3.63, 3.8) is 0 Å². The van der Waals surface area contributed by atoms with Gasteiger partial charge in [0.2, 0.25) is 0 Å². The second kappa shape index (κ2) is 10.4. The molecule has 188 valence electrons. The Morgan fingerprint density at radius 3 is 2.00 bits per heavy atom. The van der Waals surface area contributed by atoms with Crippen LogP contribution in [0.15, 0.2) is 12.2 Å². The van der Waals surface area contributed by atoms with E-state index in [2.05, 4.69) is 67.7 Å². The van der Waals surface area contributed by atoms with Crippen LogP contribution in [0.25, 0.3) is 0 Å². The number of carbonyl (C=O) groups is 1. The Morgan fingerprint density at radius 1 is 1.00 bits per heavy atom. The first-order valence-corrected chi connectivity index (χ1v) is 17.6. The highest BCUT2D eigenvalue weighted by Crippen LogP contribution is 2.41. The molecule has 0 aromatic heterocycles. The molecule has 32 heavy (non-hydrogen) atoms. The molecule has 8 heteroatoms. The van der Waals surface area contributed by atoms with Crippen molar-refractivity contribution in [3.05, 3.63) is 12.2 Å². The molecule has 1 saturated heterocycles. The summed E-state index contributed by atoms with van der Waals surface area (Å²) in [5.41, 5.74) is 0. The molecule has 6 nitrogen and oxygen atoms in total. The second-order valence-corrected chi connectivity index (χ2v) is 21.7. The van der Waals surface area contributed by atoms with Gasteiger partial charge >= 0.3 is 5.97 Å². The van der Waals surface area contributed by atoms with E-state index in [4.69, 9.17) is 23.1 Å². The Labute approximate surface area is 198 Å². The van der Waals surface area contributed by atoms with Crippen LogP contribution in [0.3, 0.4) is 0 Å². The van der Waals surface area contributed by atoms with Crippen LogP contribution in [0.2, 0.25) is 36.3 Å². The van der Waals surface area contributed by atoms with Gasteiger partial charge in [-0.15, -0.1) is 0 Å². The van der Waals surface area contributed by atoms with Gasteiger partial charge in [-0.3, -0.25) is 0 Å². The van der Waals surface area contributed by atoms with Crippen LogP contribution in [-0.4, -0.2) is 59.9 Å². The van der Waals surface area contributed by atoms with Gasteiger partial charge in [-0.1, -0.05) is 41.5 Å². The zero-order valence-electron chi connectivity index (χ0n) is 22.8. The summed E-state index contributed by atoms with van der Waals surface area (Å²) in [6, 6.07) is 0. The van der Waals surface area contributed by atoms with Crippen molar-refractivity contribution in [3.8, 4) is 0 Å². The van der Waals surface area contributed by atoms with Gasteiger partial charge in [-0.05, 0) is 63.1 Å². The van der Waals surface area contributed by atoms with Gasteiger partial charge in [0.25, 0.3) is 0 Å². The molecule has 1 fully saturated rings. The molecule has 0 amide bonds. The normalized spacial score (nSPS) is 23.5. The maximum atomic E-state index is 11.9. The Kier molecular flexibility index (Phi) is 9.59. The van der Waals surface area contributed by atoms with Crippen molar-refractivity contribution < 1.29 is 27.9 Å². The van der Waals surface area contributed by atoms with E-state index in [-0.39, 0.29) is 22.1 Å². The van der Waals surface area contributed by atoms with E-state index in [1.807, 2.05) is 13.8 Å². The summed E-state index contributed by atoms with van der Waals surface area (Å²) in [4.78, 5) is 11.9. The van der Waals surface area contributed by atoms with E-state index in [1.54, 1.807) is 13.0 Å². The van der Waals surface area contributed by atoms with E-state index in [9.17, 15) is 4.79 Å². The van der Waals surface area contributed by atoms with Gasteiger partial charge in [0.15, 0.2) is 22.4 Å². The third kappa shape index (κ3) is 8.06. The van der Waals surface area contributed by atoms with E-state index >= 15 is 0 Å². The molecule has 0 aromatic rings. The van der Waals surface area contributed by atoms with E-state index < -0.39 is 34.6 Å². The van der Waals surface area contributed by atoms with Gasteiger partial charge in [-0.2, -0.15) is 0 Å². The SMILES string of the molecule is CCOC(=O)/C=C\[C@@H]1OC(C)(C)O[C@@H]1[C@@H](CO[Si](C)(C)C(C)(C)C)O[Si](C)(C)C(C)(C)C. The van der Waals surface area contributed by atoms with E-state index in [1.165, 1.54) is 6.08 Å². The van der Waals surface area contributed by atoms with Crippen LogP contribution in [0.4, 0.5) is 0 Å². The quantitative estimate of drug-likeness (QED) is 0.224. The van der Waals surface area contributed by atoms with Crippen LogP contribution >= 0.6 is 0 Å². The summed E-state index contributed by atoms with van der Waals surface area (Å²) in [6.45, 7) is 28.6. The van der Waals surface area contributed by atoms with Crippen molar-refractivity contribution in [2.75, 3.05) is 13.2 Å². The van der Waals surface area contributed by atoms with Crippen molar-refractivity contribution in [1.29, 1.82) is 0 Å². The Balaban J connectivity index is 3.25. The van der Waals surface area contributed by atoms with Gasteiger partial charge < -0.3 is 23.1 Å². The van der Waals surface area contributed by atoms with E-state index in [0.29, 0.717) is 13.2 Å². The summed E-state index contributed by atoms with van der Waals surface area (Å²) >= 11 is 0. The molecular weight excluding hydrogens is 440 g/mol. The minimum absolute atomic E-state index is 0.0352. The molecule has 0 aromatic carbocycles. The summed E-state index contributed by atoms with van der Waals surface area (Å²) in [7, 11) is -4.12. The zero-order valence-corrected chi connectivity index (χ0v) is 24.8. The third-order valence-electron chi connectivity index (χ3n) is 6.91. The number of hydrogen-bond donors (Lipinski definition) is 0. The smallest absolute Gasteiger partial charge is 0.330 e. The molecular formula is C24H48O6Si2. The van der Waals surface area contributed by atoms with E-state index in [0.717, 1.165) is 0 Å². The lowest BCUT2D eigenvalue weighted by atomic mass is 10.1. The molecule has 0 spiro atoms. The minimum atomic E-state index is -2.13. The van der Waals surface area contributed by atoms with Crippen LogP contribution < -0.4 is 0 Å². The standard InChI is InChI=1S/C24H48O6Si2/c1-14-26-20(25)16-15-18-21(29-24(8,9)28-18)19(30-32(12,13)23(5,6)7)17-27-31(10,11)22(2,3)4/h15-16,18-19,21H,14,17H2,1-13H3/b16-15-/t18-,19+,21-/m0/s1. The Bertz CT molecular complexity index is 658. The van der Waals surface area contributed by atoms with Crippen molar-refractivity contribution in [2.24, 2.45) is 0 Å². The first-order valence-electron chi connectivity index (χ1n) is 11.7. The average Bonchev–Trinajstić information content (AvgIpc) is 2.89. The number of ether oxygens (including phenoxy) is 3. The maximum Gasteiger partial charge on any atom is 0.330 e. The van der Waals surface area contributed by atoms with Crippen molar-refractivity contribution >= 4 is 22.6 Å². The summed E-state index contributed by atoms with van der Waals surface area (Å²) < 4.78 is 31.0. The Morgan fingerprint density at radius 2 is 1.53 bits per heavy atom. The Hall–Kier alpha value is -0.516. The molecule has 1 rings (SSSR count). The third-order valence-corrected chi connectivity index (χ3v) is 15.9. The molecule has 0 saturated carbocycles. The molecule has 0 bridgehead atoms. The molecule has 0 aliphatic carbocycles. The molecule has 0 N–H and O–H groups in total. The summed E-state index contributed by atoms with van der Waals surface area (Å²) in [5, 5.41) is 0.123. The largest absolute Gasteiger partial charge is 0.463 e. The second-order valence-electron chi connectivity index (χ2n) is 12.2. The van der Waals surface area contributed by atoms with Crippen LogP contribution in [0, 0.1) is 0 Å². The zero-order chi connectivity index (χ0) is 25.2. The van der Waals surface area contributed by atoms with Gasteiger partial charge in [0.1, 0.15) is 12.2 Å². The molecule has 1 heterocycles. The van der Waals surface area contributed by atoms with Crippen molar-refractivity contribution in [1.82, 2.24) is 0 Å². The van der Waals surface area contributed by atoms with Crippen LogP contribution in [0.5, 0.6) is 0 Å². The molecule has 1 aliphatic heterocycles. The molecule has 3 atom stereocenters. The highest BCUT2D eigenvalue weighted by atomic mass is 28.4. The van der Waals surface area contributed by atoms with Crippen molar-refractivity contribution in [2.45, 2.75) is 123 Å². The number of carbonyl (C=O) groups excluding carboxylic acids is 1. The van der Waals surface area contributed by atoms with Gasteiger partial charge in [0.05, 0.1) is 19.3 Å². The fourth-order valence-electron chi connectivity index (χ4n) is 2.88. The van der Waals surface area contributed by atoms with Crippen LogP contribution in [-0.2, 0) is 27.9 Å². The summed E-state index contributed by atoms with van der Waals surface area (Å²) in [6.07, 6.45) is 2.00. The lowest BCUT2D eigenvalue weighted by Gasteiger charge is -2.43. The van der Waals surface area contributed by atoms with Gasteiger partial charge in [-0.25, -0.2) is 4.79 Å². The number of esters is 1. The first kappa shape index (κ1) is 29.5. The highest BCUT2D eigenvalue weighted by molar-refractivity contribution is 6.74. The lowest BCUT2D eigenvalue weighted by Crippen LogP contribution is -2.52. The molecule has 1 aliphatic rings. The average molecular weight is 489 g/mol. The topological polar surface area (TPSA) is 63.2 Å². The fourth-order valence-corrected chi connectivity index (χ4v) is 5.20. The first-order chi connectivity index (χ1) is 14.2. The number of hydrogen-bond acceptors (Lipinski definition) is 6. The molecule has 0 unspecified atom stereocenters. The number of rotatable bonds is 9. The summed E-state index contributed by atoms with van der Waals surface area (Å²) in [5.74, 6) is -1.18. The van der Waals surface area contributed by atoms with Gasteiger partial charge in [0, 0.05) is 6.08 Å². The minimum Gasteiger partial charge on any atom is -0.463 e. The predicted octanol–water partition coefficient (Wildman–Crippen LogP) is 6.04. The maximum absolute atomic E-state index is 11.9. The molecule has 0 radical (unpaired) electrons. The lowest BCUT2D eigenvalue weighted by molar-refractivity contribution is -0.154. The monoisotopic (exact) mass is 488 g/mol. The van der Waals surface area contributed by atoms with Crippen LogP contribution in [0.1, 0.15) is 62.3 Å².